The van der Waals surface area contributed by atoms with Gasteiger partial charge < -0.3 is 10.4 Å². The van der Waals surface area contributed by atoms with Crippen LogP contribution in [-0.4, -0.2) is 27.0 Å². The van der Waals surface area contributed by atoms with Crippen molar-refractivity contribution in [2.75, 3.05) is 11.9 Å². The summed E-state index contributed by atoms with van der Waals surface area (Å²) in [7, 11) is 0. The third-order valence-electron chi connectivity index (χ3n) is 5.82. The molecule has 2 N–H and O–H groups in total. The van der Waals surface area contributed by atoms with Crippen LogP contribution in [0.3, 0.4) is 0 Å². The summed E-state index contributed by atoms with van der Waals surface area (Å²) >= 11 is 0. The van der Waals surface area contributed by atoms with Crippen molar-refractivity contribution in [1.29, 1.82) is 10.5 Å². The quantitative estimate of drug-likeness (QED) is 0.372. The summed E-state index contributed by atoms with van der Waals surface area (Å²) < 4.78 is 1.61. The van der Waals surface area contributed by atoms with E-state index in [1.165, 1.54) is 0 Å². The van der Waals surface area contributed by atoms with E-state index in [1.54, 1.807) is 16.7 Å². The molecule has 0 radical (unpaired) electrons. The van der Waals surface area contributed by atoms with Gasteiger partial charge in [0.1, 0.15) is 17.9 Å². The number of carbonyl (C=O) groups is 1. The number of ketones is 1. The number of aromatic hydroxyl groups is 1. The minimum Gasteiger partial charge on any atom is -0.507 e. The van der Waals surface area contributed by atoms with Crippen molar-refractivity contribution in [2.45, 2.75) is 58.9 Å². The second kappa shape index (κ2) is 11.0. The van der Waals surface area contributed by atoms with Gasteiger partial charge in [0.15, 0.2) is 17.2 Å². The minimum atomic E-state index is -0.358. The predicted molar refractivity (Wildman–Crippen MR) is 146 cm³/mol. The van der Waals surface area contributed by atoms with Gasteiger partial charge in [0.25, 0.3) is 0 Å². The molecule has 0 aliphatic heterocycles. The van der Waals surface area contributed by atoms with Gasteiger partial charge in [-0.25, -0.2) is 4.98 Å². The molecule has 8 heteroatoms. The highest BCUT2D eigenvalue weighted by atomic mass is 79.9. The fourth-order valence-electron chi connectivity index (χ4n) is 3.90. The van der Waals surface area contributed by atoms with Crippen LogP contribution in [0.15, 0.2) is 42.5 Å². The number of phenols is 1. The third-order valence-corrected chi connectivity index (χ3v) is 5.82. The van der Waals surface area contributed by atoms with Crippen molar-refractivity contribution >= 4 is 28.7 Å². The number of nitrogens with one attached hydrogen (secondary N) is 1. The van der Waals surface area contributed by atoms with E-state index in [9.17, 15) is 20.4 Å². The topological polar surface area (TPSA) is 115 Å². The zero-order chi connectivity index (χ0) is 26.0. The van der Waals surface area contributed by atoms with Gasteiger partial charge in [-0.2, -0.15) is 10.5 Å². The lowest BCUT2D eigenvalue weighted by atomic mass is 9.78. The fourth-order valence-corrected chi connectivity index (χ4v) is 3.90. The molecule has 36 heavy (non-hydrogen) atoms. The van der Waals surface area contributed by atoms with Crippen LogP contribution in [-0.2, 0) is 17.4 Å². The van der Waals surface area contributed by atoms with Crippen molar-refractivity contribution < 1.29 is 9.90 Å². The van der Waals surface area contributed by atoms with Crippen molar-refractivity contribution in [3.8, 4) is 17.9 Å². The molecule has 0 atom stereocenters. The number of halogens is 1. The second-order valence-corrected chi connectivity index (χ2v) is 10.6. The molecule has 3 rings (SSSR count). The average molecular weight is 551 g/mol. The van der Waals surface area contributed by atoms with Crippen molar-refractivity contribution in [3.63, 3.8) is 0 Å². The van der Waals surface area contributed by atoms with Crippen LogP contribution in [0.4, 0.5) is 5.95 Å². The van der Waals surface area contributed by atoms with Gasteiger partial charge in [-0.05, 0) is 28.5 Å². The van der Waals surface area contributed by atoms with E-state index < -0.39 is 0 Å². The Kier molecular flexibility index (Phi) is 8.72. The molecule has 0 unspecified atom stereocenters. The van der Waals surface area contributed by atoms with Gasteiger partial charge in [-0.1, -0.05) is 71.9 Å². The number of benzene rings is 2. The zero-order valence-electron chi connectivity index (χ0n) is 21.5. The lowest BCUT2D eigenvalue weighted by Crippen LogP contribution is -2.21. The lowest BCUT2D eigenvalue weighted by Gasteiger charge is -2.28. The van der Waals surface area contributed by atoms with E-state index in [2.05, 4.69) is 16.4 Å². The van der Waals surface area contributed by atoms with Crippen LogP contribution < -0.4 is 5.32 Å². The molecule has 0 bridgehead atoms. The molecule has 0 saturated carbocycles. The van der Waals surface area contributed by atoms with Crippen LogP contribution in [0.1, 0.15) is 80.0 Å². The van der Waals surface area contributed by atoms with E-state index in [0.29, 0.717) is 23.2 Å². The van der Waals surface area contributed by atoms with Crippen LogP contribution in [0.2, 0.25) is 0 Å². The molecule has 7 nitrogen and oxygen atoms in total. The summed E-state index contributed by atoms with van der Waals surface area (Å²) in [6.07, 6.45) is 0. The summed E-state index contributed by atoms with van der Waals surface area (Å²) in [6.45, 7) is 12.2. The molecular weight excluding hydrogens is 518 g/mol. The third kappa shape index (κ3) is 6.13. The maximum Gasteiger partial charge on any atom is 0.205 e. The summed E-state index contributed by atoms with van der Waals surface area (Å²) in [5.74, 6) is 0.304. The Balaban J connectivity index is 0.00000456. The van der Waals surface area contributed by atoms with E-state index in [-0.39, 0.29) is 63.2 Å². The Morgan fingerprint density at radius 2 is 1.56 bits per heavy atom. The number of nitrogens with zero attached hydrogens (tertiary/aromatic N) is 4. The number of aromatic nitrogens is 2. The van der Waals surface area contributed by atoms with Gasteiger partial charge in [-0.3, -0.25) is 9.36 Å². The van der Waals surface area contributed by atoms with Gasteiger partial charge in [-0.15, -0.1) is 17.0 Å². The number of phenolic OH excluding ortho intramolecular Hbond substituents is 1. The zero-order valence-corrected chi connectivity index (χ0v) is 23.2. The molecule has 0 saturated heterocycles. The van der Waals surface area contributed by atoms with E-state index >= 15 is 0 Å². The number of imidazole rings is 1. The molecule has 0 aliphatic carbocycles. The molecular formula is C28H32BrN5O2. The molecule has 0 fully saturated rings. The molecule has 188 valence electrons. The molecule has 1 aromatic heterocycles. The molecule has 1 heterocycles. The first-order chi connectivity index (χ1) is 16.4. The summed E-state index contributed by atoms with van der Waals surface area (Å²) in [4.78, 5) is 17.5. The maximum atomic E-state index is 13.3. The Bertz CT molecular complexity index is 1300. The van der Waals surface area contributed by atoms with E-state index in [1.807, 2.05) is 77.9 Å². The van der Waals surface area contributed by atoms with Crippen LogP contribution in [0.25, 0.3) is 0 Å². The van der Waals surface area contributed by atoms with E-state index in [0.717, 1.165) is 5.56 Å². The number of carbonyl (C=O) groups excluding carboxylic acids is 1. The monoisotopic (exact) mass is 549 g/mol. The van der Waals surface area contributed by atoms with Gasteiger partial charge in [0.2, 0.25) is 5.95 Å². The van der Waals surface area contributed by atoms with Crippen LogP contribution in [0.5, 0.6) is 5.75 Å². The highest BCUT2D eigenvalue weighted by Gasteiger charge is 2.28. The predicted octanol–water partition coefficient (Wildman–Crippen LogP) is 5.85. The minimum absolute atomic E-state index is 0. The number of hydrogen-bond acceptors (Lipinski definition) is 6. The van der Waals surface area contributed by atoms with Gasteiger partial charge in [0.05, 0.1) is 13.1 Å². The Morgan fingerprint density at radius 3 is 2.03 bits per heavy atom. The first-order valence-electron chi connectivity index (χ1n) is 11.5. The summed E-state index contributed by atoms with van der Waals surface area (Å²) in [5.41, 5.74) is 2.26. The second-order valence-electron chi connectivity index (χ2n) is 10.6. The maximum absolute atomic E-state index is 13.3. The Labute approximate surface area is 223 Å². The molecule has 2 aromatic carbocycles. The van der Waals surface area contributed by atoms with Crippen molar-refractivity contribution in [3.05, 3.63) is 76.1 Å². The summed E-state index contributed by atoms with van der Waals surface area (Å²) in [6, 6.07) is 17.0. The molecule has 0 spiro atoms. The van der Waals surface area contributed by atoms with Gasteiger partial charge in [0, 0.05) is 16.7 Å². The lowest BCUT2D eigenvalue weighted by molar-refractivity contribution is 0.101. The smallest absolute Gasteiger partial charge is 0.205 e. The number of nitriles is 2. The van der Waals surface area contributed by atoms with E-state index in [4.69, 9.17) is 0 Å². The van der Waals surface area contributed by atoms with Crippen LogP contribution in [0, 0.1) is 22.7 Å². The largest absolute Gasteiger partial charge is 0.507 e. The molecule has 0 amide bonds. The fraction of sp³-hybridized carbons (Fsp3) is 0.357. The molecule has 0 aliphatic rings. The summed E-state index contributed by atoms with van der Waals surface area (Å²) in [5, 5.41) is 33.1. The number of rotatable bonds is 6. The van der Waals surface area contributed by atoms with Crippen molar-refractivity contribution in [1.82, 2.24) is 9.55 Å². The van der Waals surface area contributed by atoms with Crippen LogP contribution >= 0.6 is 17.0 Å². The SMILES string of the molecule is Br.CC(C)(C)c1cc(C(=O)CNc2nc(C#N)c(C#N)n2Cc2ccccc2)cc(C(C)(C)C)c1O. The standard InChI is InChI=1S/C28H31N5O2.BrH/c1-27(2,3)20-12-19(13-21(25(20)35)28(4,5)6)24(34)16-31-26-32-22(14-29)23(15-30)33(26)17-18-10-8-7-9-11-18;/h7-13,35H,16-17H2,1-6H3,(H,31,32);1H. The average Bonchev–Trinajstić information content (AvgIpc) is 3.13. The first-order valence-corrected chi connectivity index (χ1v) is 11.5. The van der Waals surface area contributed by atoms with Crippen molar-refractivity contribution in [2.24, 2.45) is 0 Å². The Morgan fingerprint density at radius 1 is 1.00 bits per heavy atom. The Hall–Kier alpha value is -3.62. The highest BCUT2D eigenvalue weighted by molar-refractivity contribution is 8.93. The molecule has 3 aromatic rings. The van der Waals surface area contributed by atoms with Gasteiger partial charge >= 0.3 is 0 Å². The normalized spacial score (nSPS) is 11.2. The number of anilines is 1. The first kappa shape index (κ1) is 28.6. The highest BCUT2D eigenvalue weighted by Crippen LogP contribution is 2.39. The number of hydrogen-bond donors (Lipinski definition) is 2. The number of Topliss-reactive ketones (excluding diaryl/α,β-unsaturated/α-hetero) is 1.